The fourth-order valence-electron chi connectivity index (χ4n) is 0.802. The number of rotatable bonds is 4. The van der Waals surface area contributed by atoms with Crippen molar-refractivity contribution >= 4 is 39.7 Å². The quantitative estimate of drug-likeness (QED) is 0.579. The molecule has 1 aromatic rings. The Hall–Kier alpha value is 0.0900. The van der Waals surface area contributed by atoms with Crippen LogP contribution in [-0.2, 0) is 14.3 Å². The number of aliphatic hydroxyl groups is 1. The summed E-state index contributed by atoms with van der Waals surface area (Å²) >= 11 is 0. The summed E-state index contributed by atoms with van der Waals surface area (Å²) in [6, 6.07) is 7.80. The summed E-state index contributed by atoms with van der Waals surface area (Å²) < 4.78 is 27.0. The summed E-state index contributed by atoms with van der Waals surface area (Å²) in [5.41, 5.74) is 0. The van der Waals surface area contributed by atoms with Gasteiger partial charge in [-0.05, 0) is 12.1 Å². The molecule has 0 spiro atoms. The van der Waals surface area contributed by atoms with E-state index in [0.717, 1.165) is 0 Å². The van der Waals surface area contributed by atoms with E-state index in [1.807, 2.05) is 0 Å². The predicted molar refractivity (Wildman–Crippen MR) is 52.4 cm³/mol. The average Bonchev–Trinajstić information content (AvgIpc) is 2.16. The van der Waals surface area contributed by atoms with Crippen molar-refractivity contribution in [1.82, 2.24) is 0 Å². The third kappa shape index (κ3) is 4.08. The first-order valence-electron chi connectivity index (χ1n) is 3.72. The van der Waals surface area contributed by atoms with E-state index in [2.05, 4.69) is 4.18 Å². The van der Waals surface area contributed by atoms with Gasteiger partial charge in [0.1, 0.15) is 0 Å². The maximum atomic E-state index is 11.3. The van der Waals surface area contributed by atoms with Crippen LogP contribution in [0, 0.1) is 0 Å². The molecule has 0 unspecified atom stereocenters. The Morgan fingerprint density at radius 1 is 1.21 bits per heavy atom. The number of benzene rings is 1. The third-order valence-electron chi connectivity index (χ3n) is 1.36. The third-order valence-corrected chi connectivity index (χ3v) is 2.69. The SMILES string of the molecule is O=S(=O)(OCCO)c1ccccc1.[Na]. The van der Waals surface area contributed by atoms with Crippen molar-refractivity contribution in [1.29, 1.82) is 0 Å². The van der Waals surface area contributed by atoms with Crippen LogP contribution in [0.15, 0.2) is 35.2 Å². The Morgan fingerprint density at radius 2 is 1.79 bits per heavy atom. The summed E-state index contributed by atoms with van der Waals surface area (Å²) in [5, 5.41) is 8.39. The minimum atomic E-state index is -3.68. The van der Waals surface area contributed by atoms with Crippen LogP contribution in [0.3, 0.4) is 0 Å². The summed E-state index contributed by atoms with van der Waals surface area (Å²) in [6.45, 7) is -0.525. The van der Waals surface area contributed by atoms with E-state index in [-0.39, 0.29) is 47.7 Å². The van der Waals surface area contributed by atoms with E-state index in [1.165, 1.54) is 12.1 Å². The van der Waals surface area contributed by atoms with Gasteiger partial charge in [-0.1, -0.05) is 18.2 Å². The topological polar surface area (TPSA) is 63.6 Å². The molecule has 14 heavy (non-hydrogen) atoms. The zero-order chi connectivity index (χ0) is 9.73. The maximum Gasteiger partial charge on any atom is 0.297 e. The van der Waals surface area contributed by atoms with Crippen LogP contribution in [-0.4, -0.2) is 56.3 Å². The molecule has 1 aromatic carbocycles. The second-order valence-electron chi connectivity index (χ2n) is 2.31. The molecule has 1 N–H and O–H groups in total. The standard InChI is InChI=1S/C8H10O4S.Na/c9-6-7-12-13(10,11)8-4-2-1-3-5-8;/h1-5,9H,6-7H2;. The maximum absolute atomic E-state index is 11.3. The summed E-state index contributed by atoms with van der Waals surface area (Å²) in [7, 11) is -3.68. The molecule has 0 aliphatic rings. The Bertz CT molecular complexity index is 349. The molecule has 0 aromatic heterocycles. The van der Waals surface area contributed by atoms with Crippen LogP contribution in [0.5, 0.6) is 0 Å². The molecule has 0 aliphatic heterocycles. The van der Waals surface area contributed by atoms with E-state index in [9.17, 15) is 8.42 Å². The van der Waals surface area contributed by atoms with Crippen LogP contribution in [0.2, 0.25) is 0 Å². The molecule has 1 radical (unpaired) electrons. The van der Waals surface area contributed by atoms with Crippen LogP contribution >= 0.6 is 0 Å². The minimum absolute atomic E-state index is 0. The minimum Gasteiger partial charge on any atom is -0.394 e. The summed E-state index contributed by atoms with van der Waals surface area (Å²) in [6.07, 6.45) is 0. The second kappa shape index (κ2) is 6.55. The van der Waals surface area contributed by atoms with Crippen molar-refractivity contribution in [2.24, 2.45) is 0 Å². The Labute approximate surface area is 105 Å². The first-order chi connectivity index (χ1) is 6.17. The van der Waals surface area contributed by atoms with Gasteiger partial charge in [0.05, 0.1) is 18.1 Å². The van der Waals surface area contributed by atoms with Crippen LogP contribution in [0.4, 0.5) is 0 Å². The molecule has 0 fully saturated rings. The number of hydrogen-bond acceptors (Lipinski definition) is 4. The van der Waals surface area contributed by atoms with Gasteiger partial charge in [-0.25, -0.2) is 0 Å². The van der Waals surface area contributed by atoms with Crippen molar-refractivity contribution in [3.8, 4) is 0 Å². The van der Waals surface area contributed by atoms with E-state index in [1.54, 1.807) is 18.2 Å². The van der Waals surface area contributed by atoms with Gasteiger partial charge in [-0.2, -0.15) is 8.42 Å². The van der Waals surface area contributed by atoms with E-state index in [4.69, 9.17) is 5.11 Å². The van der Waals surface area contributed by atoms with Crippen LogP contribution in [0.1, 0.15) is 0 Å². The molecule has 1 rings (SSSR count). The molecule has 0 heterocycles. The molecular weight excluding hydrogens is 215 g/mol. The smallest absolute Gasteiger partial charge is 0.297 e. The van der Waals surface area contributed by atoms with E-state index >= 15 is 0 Å². The van der Waals surface area contributed by atoms with Crippen molar-refractivity contribution in [2.75, 3.05) is 13.2 Å². The fourth-order valence-corrected chi connectivity index (χ4v) is 1.72. The van der Waals surface area contributed by atoms with Crippen molar-refractivity contribution in [3.05, 3.63) is 30.3 Å². The molecular formula is C8H10NaO4S. The summed E-state index contributed by atoms with van der Waals surface area (Å²) in [4.78, 5) is 0.100. The van der Waals surface area contributed by atoms with Crippen LogP contribution in [0.25, 0.3) is 0 Å². The van der Waals surface area contributed by atoms with Crippen LogP contribution < -0.4 is 0 Å². The zero-order valence-electron chi connectivity index (χ0n) is 7.88. The fraction of sp³-hybridized carbons (Fsp3) is 0.250. The molecule has 0 saturated carbocycles. The van der Waals surface area contributed by atoms with Crippen molar-refractivity contribution < 1.29 is 17.7 Å². The number of hydrogen-bond donors (Lipinski definition) is 1. The molecule has 73 valence electrons. The molecule has 0 aliphatic carbocycles. The normalized spacial score (nSPS) is 10.6. The molecule has 4 nitrogen and oxygen atoms in total. The predicted octanol–water partition coefficient (Wildman–Crippen LogP) is 0.00340. The van der Waals surface area contributed by atoms with Crippen molar-refractivity contribution in [3.63, 3.8) is 0 Å². The van der Waals surface area contributed by atoms with Gasteiger partial charge < -0.3 is 5.11 Å². The van der Waals surface area contributed by atoms with E-state index < -0.39 is 10.1 Å². The largest absolute Gasteiger partial charge is 0.394 e. The first kappa shape index (κ1) is 14.1. The molecule has 0 bridgehead atoms. The average molecular weight is 225 g/mol. The van der Waals surface area contributed by atoms with E-state index in [0.29, 0.717) is 0 Å². The Morgan fingerprint density at radius 3 is 2.29 bits per heavy atom. The summed E-state index contributed by atoms with van der Waals surface area (Å²) in [5.74, 6) is 0. The Kier molecular flexibility index (Phi) is 6.59. The second-order valence-corrected chi connectivity index (χ2v) is 3.93. The molecule has 0 atom stereocenters. The van der Waals surface area contributed by atoms with Gasteiger partial charge in [0.25, 0.3) is 10.1 Å². The zero-order valence-corrected chi connectivity index (χ0v) is 10.7. The number of aliphatic hydroxyl groups excluding tert-OH is 1. The first-order valence-corrected chi connectivity index (χ1v) is 5.13. The Balaban J connectivity index is 0.00000169. The van der Waals surface area contributed by atoms with Gasteiger partial charge in [-0.3, -0.25) is 4.18 Å². The molecule has 6 heteroatoms. The monoisotopic (exact) mass is 225 g/mol. The molecule has 0 saturated heterocycles. The van der Waals surface area contributed by atoms with Gasteiger partial charge in [0.15, 0.2) is 0 Å². The van der Waals surface area contributed by atoms with Gasteiger partial charge >= 0.3 is 0 Å². The van der Waals surface area contributed by atoms with Gasteiger partial charge in [0, 0.05) is 29.6 Å². The molecule has 0 amide bonds. The van der Waals surface area contributed by atoms with Gasteiger partial charge in [-0.15, -0.1) is 0 Å². The van der Waals surface area contributed by atoms with Crippen molar-refractivity contribution in [2.45, 2.75) is 4.90 Å². The van der Waals surface area contributed by atoms with Gasteiger partial charge in [0.2, 0.25) is 0 Å².